The molecule has 3 aliphatic heterocycles. The molecule has 6 atom stereocenters. The third-order valence-corrected chi connectivity index (χ3v) is 8.83. The van der Waals surface area contributed by atoms with Crippen LogP contribution in [0.25, 0.3) is 0 Å². The maximum Gasteiger partial charge on any atom is 0.250 e. The molecule has 0 saturated carbocycles. The Bertz CT molecular complexity index is 1240. The number of benzene rings is 2. The van der Waals surface area contributed by atoms with Crippen LogP contribution in [0.2, 0.25) is 0 Å². The number of fused-ring (bicyclic) bond motifs is 1. The fourth-order valence-corrected chi connectivity index (χ4v) is 6.99. The summed E-state index contributed by atoms with van der Waals surface area (Å²) in [4.78, 5) is 43.6. The Morgan fingerprint density at radius 2 is 1.68 bits per heavy atom. The molecule has 0 aliphatic carbocycles. The molecule has 3 saturated heterocycles. The first kappa shape index (κ1) is 26.4. The standard InChI is InChI=1S/C30H37N3O5/c1-17(2)21(16-34)33-25(27(36)32-24-18(3)10-9-11-19(24)4)30-15-14-29(5,38-30)22(23(30)28(33)37)26(35)31-20-12-7-6-8-13-20/h6-13,17,21-23,25,34H,14-16H2,1-5H3,(H,31,35)(H,32,36)/t21-,22-,23-,25?,29+,30?/m0/s1. The Kier molecular flexibility index (Phi) is 6.60. The zero-order valence-corrected chi connectivity index (χ0v) is 22.7. The van der Waals surface area contributed by atoms with Crippen LogP contribution >= 0.6 is 0 Å². The summed E-state index contributed by atoms with van der Waals surface area (Å²) >= 11 is 0. The normalized spacial score (nSPS) is 30.4. The predicted molar refractivity (Wildman–Crippen MR) is 144 cm³/mol. The van der Waals surface area contributed by atoms with Gasteiger partial charge in [0.2, 0.25) is 17.7 Å². The molecular weight excluding hydrogens is 482 g/mol. The minimum atomic E-state index is -1.16. The molecule has 38 heavy (non-hydrogen) atoms. The highest BCUT2D eigenvalue weighted by molar-refractivity contribution is 6.05. The average Bonchev–Trinajstić information content (AvgIpc) is 3.43. The molecule has 0 aromatic heterocycles. The highest BCUT2D eigenvalue weighted by Gasteiger charge is 2.78. The number of aliphatic hydroxyl groups is 1. The molecule has 3 aliphatic rings. The SMILES string of the molecule is Cc1cccc(C)c1NC(=O)C1N([C@@H](CO)C(C)C)C(=O)[C@@H]2[C@@H](C(=O)Nc3ccccc3)[C@@]3(C)CCC12O3. The predicted octanol–water partition coefficient (Wildman–Crippen LogP) is 3.66. The Hall–Kier alpha value is -3.23. The summed E-state index contributed by atoms with van der Waals surface area (Å²) in [5.41, 5.74) is 1.12. The summed E-state index contributed by atoms with van der Waals surface area (Å²) in [6.45, 7) is 9.26. The van der Waals surface area contributed by atoms with Crippen molar-refractivity contribution in [3.05, 3.63) is 59.7 Å². The fraction of sp³-hybridized carbons (Fsp3) is 0.500. The summed E-state index contributed by atoms with van der Waals surface area (Å²) in [7, 11) is 0. The van der Waals surface area contributed by atoms with E-state index in [0.29, 0.717) is 24.2 Å². The van der Waals surface area contributed by atoms with Crippen molar-refractivity contribution in [3.63, 3.8) is 0 Å². The lowest BCUT2D eigenvalue weighted by atomic mass is 9.66. The lowest BCUT2D eigenvalue weighted by molar-refractivity contribution is -0.148. The van der Waals surface area contributed by atoms with Crippen molar-refractivity contribution in [2.45, 2.75) is 70.7 Å². The second-order valence-electron chi connectivity index (χ2n) is 11.6. The third-order valence-electron chi connectivity index (χ3n) is 8.83. The van der Waals surface area contributed by atoms with Gasteiger partial charge in [0.05, 0.1) is 30.1 Å². The van der Waals surface area contributed by atoms with Gasteiger partial charge < -0.3 is 25.4 Å². The highest BCUT2D eigenvalue weighted by atomic mass is 16.5. The van der Waals surface area contributed by atoms with Gasteiger partial charge in [-0.1, -0.05) is 50.2 Å². The topological polar surface area (TPSA) is 108 Å². The molecule has 3 N–H and O–H groups in total. The molecule has 3 amide bonds. The molecule has 202 valence electrons. The number of rotatable bonds is 7. The van der Waals surface area contributed by atoms with Crippen LogP contribution in [0.3, 0.4) is 0 Å². The first-order chi connectivity index (χ1) is 18.0. The van der Waals surface area contributed by atoms with Crippen LogP contribution in [0.1, 0.15) is 44.7 Å². The summed E-state index contributed by atoms with van der Waals surface area (Å²) in [6, 6.07) is 13.3. The number of para-hydroxylation sites is 2. The van der Waals surface area contributed by atoms with Crippen molar-refractivity contribution in [1.29, 1.82) is 0 Å². The van der Waals surface area contributed by atoms with E-state index < -0.39 is 35.1 Å². The number of hydrogen-bond donors (Lipinski definition) is 3. The highest BCUT2D eigenvalue weighted by Crippen LogP contribution is 2.63. The number of anilines is 2. The van der Waals surface area contributed by atoms with Gasteiger partial charge in [-0.15, -0.1) is 0 Å². The molecule has 2 unspecified atom stereocenters. The van der Waals surface area contributed by atoms with Crippen LogP contribution in [-0.4, -0.2) is 57.6 Å². The minimum Gasteiger partial charge on any atom is -0.394 e. The molecule has 1 spiro atoms. The van der Waals surface area contributed by atoms with E-state index in [4.69, 9.17) is 4.74 Å². The molecule has 8 heteroatoms. The Morgan fingerprint density at radius 3 is 2.29 bits per heavy atom. The lowest BCUT2D eigenvalue weighted by Gasteiger charge is -2.38. The largest absolute Gasteiger partial charge is 0.394 e. The Morgan fingerprint density at radius 1 is 1.03 bits per heavy atom. The number of carbonyl (C=O) groups excluding carboxylic acids is 3. The van der Waals surface area contributed by atoms with E-state index in [1.165, 1.54) is 4.90 Å². The molecule has 0 radical (unpaired) electrons. The van der Waals surface area contributed by atoms with E-state index in [1.807, 2.05) is 71.0 Å². The van der Waals surface area contributed by atoms with Gasteiger partial charge in [-0.05, 0) is 62.8 Å². The third kappa shape index (κ3) is 3.93. The maximum absolute atomic E-state index is 14.3. The number of aryl methyl sites for hydroxylation is 2. The zero-order valence-electron chi connectivity index (χ0n) is 22.7. The van der Waals surface area contributed by atoms with Crippen molar-refractivity contribution in [2.24, 2.45) is 17.8 Å². The van der Waals surface area contributed by atoms with Crippen LogP contribution in [0.4, 0.5) is 11.4 Å². The number of hydrogen-bond acceptors (Lipinski definition) is 5. The van der Waals surface area contributed by atoms with Crippen LogP contribution in [0, 0.1) is 31.6 Å². The van der Waals surface area contributed by atoms with E-state index in [9.17, 15) is 19.5 Å². The number of likely N-dealkylation sites (tertiary alicyclic amines) is 1. The molecule has 2 aromatic carbocycles. The van der Waals surface area contributed by atoms with Gasteiger partial charge in [-0.25, -0.2) is 0 Å². The van der Waals surface area contributed by atoms with Gasteiger partial charge >= 0.3 is 0 Å². The van der Waals surface area contributed by atoms with Crippen molar-refractivity contribution >= 4 is 29.1 Å². The maximum atomic E-state index is 14.3. The van der Waals surface area contributed by atoms with E-state index in [-0.39, 0.29) is 30.2 Å². The van der Waals surface area contributed by atoms with Gasteiger partial charge in [-0.3, -0.25) is 14.4 Å². The van der Waals surface area contributed by atoms with E-state index in [0.717, 1.165) is 11.1 Å². The van der Waals surface area contributed by atoms with Gasteiger partial charge in [-0.2, -0.15) is 0 Å². The Labute approximate surface area is 223 Å². The molecule has 8 nitrogen and oxygen atoms in total. The average molecular weight is 520 g/mol. The number of nitrogens with zero attached hydrogens (tertiary/aromatic N) is 1. The van der Waals surface area contributed by atoms with Gasteiger partial charge in [0, 0.05) is 11.4 Å². The summed E-state index contributed by atoms with van der Waals surface area (Å²) in [5.74, 6) is -2.66. The fourth-order valence-electron chi connectivity index (χ4n) is 6.99. The monoisotopic (exact) mass is 519 g/mol. The first-order valence-electron chi connectivity index (χ1n) is 13.4. The molecular formula is C30H37N3O5. The van der Waals surface area contributed by atoms with E-state index >= 15 is 0 Å². The van der Waals surface area contributed by atoms with Gasteiger partial charge in [0.15, 0.2) is 0 Å². The first-order valence-corrected chi connectivity index (χ1v) is 13.4. The number of amides is 3. The molecule has 3 fully saturated rings. The van der Waals surface area contributed by atoms with Crippen LogP contribution < -0.4 is 10.6 Å². The molecule has 2 bridgehead atoms. The zero-order chi connectivity index (χ0) is 27.4. The second-order valence-corrected chi connectivity index (χ2v) is 11.6. The van der Waals surface area contributed by atoms with Crippen LogP contribution in [-0.2, 0) is 19.1 Å². The number of nitrogens with one attached hydrogen (secondary N) is 2. The summed E-state index contributed by atoms with van der Waals surface area (Å²) in [5, 5.41) is 16.4. The van der Waals surface area contributed by atoms with Crippen molar-refractivity contribution < 1.29 is 24.2 Å². The summed E-state index contributed by atoms with van der Waals surface area (Å²) < 4.78 is 6.68. The van der Waals surface area contributed by atoms with Crippen molar-refractivity contribution in [1.82, 2.24) is 4.90 Å². The quantitative estimate of drug-likeness (QED) is 0.518. The van der Waals surface area contributed by atoms with Gasteiger partial charge in [0.1, 0.15) is 11.6 Å². The second kappa shape index (κ2) is 9.50. The van der Waals surface area contributed by atoms with Gasteiger partial charge in [0.25, 0.3) is 0 Å². The van der Waals surface area contributed by atoms with E-state index in [1.54, 1.807) is 12.1 Å². The lowest BCUT2D eigenvalue weighted by Crippen LogP contribution is -2.57. The van der Waals surface area contributed by atoms with Crippen molar-refractivity contribution in [3.8, 4) is 0 Å². The minimum absolute atomic E-state index is 0.112. The molecule has 5 rings (SSSR count). The summed E-state index contributed by atoms with van der Waals surface area (Å²) in [6.07, 6.45) is 1.03. The number of aliphatic hydroxyl groups excluding tert-OH is 1. The van der Waals surface area contributed by atoms with Crippen LogP contribution in [0.5, 0.6) is 0 Å². The Balaban J connectivity index is 1.57. The van der Waals surface area contributed by atoms with Crippen LogP contribution in [0.15, 0.2) is 48.5 Å². The van der Waals surface area contributed by atoms with Crippen molar-refractivity contribution in [2.75, 3.05) is 17.2 Å². The number of carbonyl (C=O) groups is 3. The molecule has 3 heterocycles. The number of ether oxygens (including phenoxy) is 1. The smallest absolute Gasteiger partial charge is 0.250 e. The van der Waals surface area contributed by atoms with E-state index in [2.05, 4.69) is 10.6 Å². The molecule has 2 aromatic rings.